The molecule has 0 aromatic heterocycles. The van der Waals surface area contributed by atoms with E-state index in [1.54, 1.807) is 0 Å². The van der Waals surface area contributed by atoms with E-state index in [1.165, 1.54) is 49.4 Å². The number of carboxylic acid groups (broad SMARTS) is 1. The Morgan fingerprint density at radius 2 is 1.48 bits per heavy atom. The molecule has 142 valence electrons. The van der Waals surface area contributed by atoms with Gasteiger partial charge in [0.25, 0.3) is 0 Å². The van der Waals surface area contributed by atoms with E-state index in [1.807, 2.05) is 48.5 Å². The topological polar surface area (TPSA) is 43.8 Å². The summed E-state index contributed by atoms with van der Waals surface area (Å²) in [6.07, 6.45) is 4.38. The van der Waals surface area contributed by atoms with Crippen LogP contribution in [0.25, 0.3) is 0 Å². The maximum atomic E-state index is 11.5. The number of carbonyl (C=O) groups is 1. The normalized spacial score (nSPS) is 25.9. The van der Waals surface area contributed by atoms with Crippen molar-refractivity contribution in [3.8, 4) is 0 Å². The van der Waals surface area contributed by atoms with E-state index >= 15 is 0 Å². The minimum Gasteiger partial charge on any atom is -0.465 e. The predicted octanol–water partition coefficient (Wildman–Crippen LogP) is 4.41. The van der Waals surface area contributed by atoms with Gasteiger partial charge in [-0.05, 0) is 67.9 Å². The van der Waals surface area contributed by atoms with Crippen molar-refractivity contribution in [2.45, 2.75) is 31.7 Å². The summed E-state index contributed by atoms with van der Waals surface area (Å²) in [6, 6.07) is 17.7. The van der Waals surface area contributed by atoms with Gasteiger partial charge in [-0.25, -0.2) is 4.79 Å². The lowest BCUT2D eigenvalue weighted by molar-refractivity contribution is 0.111. The molecular weight excluding hydrogens is 336 g/mol. The Bertz CT molecular complexity index is 746. The molecule has 0 aliphatic carbocycles. The number of benzene rings is 2. The van der Waals surface area contributed by atoms with Crippen molar-refractivity contribution in [2.75, 3.05) is 26.2 Å². The SMILES string of the molecule is C1CN2CCC1CC2.O=C(O)N1CCc2ccccc2[C@@H]1c1ccccc1. The number of amides is 1. The van der Waals surface area contributed by atoms with Gasteiger partial charge < -0.3 is 10.0 Å². The molecule has 0 radical (unpaired) electrons. The van der Waals surface area contributed by atoms with Crippen LogP contribution in [0.15, 0.2) is 54.6 Å². The third-order valence-corrected chi connectivity index (χ3v) is 6.21. The monoisotopic (exact) mass is 364 g/mol. The van der Waals surface area contributed by atoms with Crippen LogP contribution in [-0.2, 0) is 6.42 Å². The molecule has 0 spiro atoms. The van der Waals surface area contributed by atoms with Crippen LogP contribution in [0.2, 0.25) is 0 Å². The number of fused-ring (bicyclic) bond motifs is 4. The highest BCUT2D eigenvalue weighted by Crippen LogP contribution is 2.34. The van der Waals surface area contributed by atoms with Crippen LogP contribution < -0.4 is 0 Å². The Balaban J connectivity index is 0.000000186. The highest BCUT2D eigenvalue weighted by Gasteiger charge is 2.31. The summed E-state index contributed by atoms with van der Waals surface area (Å²) in [4.78, 5) is 15.6. The lowest BCUT2D eigenvalue weighted by Crippen LogP contribution is -2.41. The molecule has 4 heteroatoms. The van der Waals surface area contributed by atoms with Gasteiger partial charge >= 0.3 is 6.09 Å². The van der Waals surface area contributed by atoms with Crippen LogP contribution in [0.3, 0.4) is 0 Å². The van der Waals surface area contributed by atoms with E-state index in [0.717, 1.165) is 23.5 Å². The van der Waals surface area contributed by atoms with E-state index in [4.69, 9.17) is 0 Å². The van der Waals surface area contributed by atoms with Gasteiger partial charge in [-0.2, -0.15) is 0 Å². The highest BCUT2D eigenvalue weighted by atomic mass is 16.4. The van der Waals surface area contributed by atoms with Crippen molar-refractivity contribution in [1.82, 2.24) is 9.80 Å². The smallest absolute Gasteiger partial charge is 0.408 e. The minimum absolute atomic E-state index is 0.191. The van der Waals surface area contributed by atoms with E-state index < -0.39 is 6.09 Å². The second kappa shape index (κ2) is 8.13. The fourth-order valence-corrected chi connectivity index (χ4v) is 4.63. The highest BCUT2D eigenvalue weighted by molar-refractivity contribution is 5.67. The van der Waals surface area contributed by atoms with Gasteiger partial charge in [-0.15, -0.1) is 0 Å². The summed E-state index contributed by atoms with van der Waals surface area (Å²) in [6.45, 7) is 4.73. The summed E-state index contributed by atoms with van der Waals surface area (Å²) in [5.74, 6) is 1.11. The fourth-order valence-electron chi connectivity index (χ4n) is 4.63. The van der Waals surface area contributed by atoms with Gasteiger partial charge in [0.05, 0.1) is 6.04 Å². The molecule has 4 nitrogen and oxygen atoms in total. The second-order valence-corrected chi connectivity index (χ2v) is 7.81. The molecule has 0 unspecified atom stereocenters. The molecule has 6 rings (SSSR count). The van der Waals surface area contributed by atoms with Gasteiger partial charge in [0.15, 0.2) is 0 Å². The first kappa shape index (κ1) is 18.1. The maximum absolute atomic E-state index is 11.5. The zero-order chi connectivity index (χ0) is 18.6. The second-order valence-electron chi connectivity index (χ2n) is 7.81. The average Bonchev–Trinajstić information content (AvgIpc) is 2.75. The third kappa shape index (κ3) is 4.01. The Morgan fingerprint density at radius 1 is 0.852 bits per heavy atom. The van der Waals surface area contributed by atoms with E-state index in [-0.39, 0.29) is 6.04 Å². The van der Waals surface area contributed by atoms with Crippen LogP contribution in [-0.4, -0.2) is 47.2 Å². The minimum atomic E-state index is -0.858. The summed E-state index contributed by atoms with van der Waals surface area (Å²) in [5, 5.41) is 9.42. The van der Waals surface area contributed by atoms with Crippen molar-refractivity contribution in [2.24, 2.45) is 5.92 Å². The van der Waals surface area contributed by atoms with E-state index in [2.05, 4.69) is 11.0 Å². The largest absolute Gasteiger partial charge is 0.465 e. The van der Waals surface area contributed by atoms with Crippen LogP contribution in [0.1, 0.15) is 42.0 Å². The quantitative estimate of drug-likeness (QED) is 0.815. The molecule has 4 aliphatic heterocycles. The molecule has 1 N–H and O–H groups in total. The molecule has 3 fully saturated rings. The molecule has 1 amide bonds. The molecule has 4 aliphatic rings. The Morgan fingerprint density at radius 3 is 2.04 bits per heavy atom. The van der Waals surface area contributed by atoms with E-state index in [0.29, 0.717) is 6.54 Å². The molecular formula is C23H28N2O2. The molecule has 2 aromatic carbocycles. The van der Waals surface area contributed by atoms with Crippen molar-refractivity contribution in [3.05, 3.63) is 71.3 Å². The predicted molar refractivity (Wildman–Crippen MR) is 107 cm³/mol. The lowest BCUT2D eigenvalue weighted by Gasteiger charge is -2.38. The van der Waals surface area contributed by atoms with Gasteiger partial charge in [-0.3, -0.25) is 4.90 Å². The zero-order valence-electron chi connectivity index (χ0n) is 15.8. The van der Waals surface area contributed by atoms with Crippen molar-refractivity contribution in [3.63, 3.8) is 0 Å². The van der Waals surface area contributed by atoms with Crippen LogP contribution in [0.5, 0.6) is 0 Å². The van der Waals surface area contributed by atoms with Gasteiger partial charge in [0, 0.05) is 6.54 Å². The Labute approximate surface area is 161 Å². The molecule has 0 saturated carbocycles. The first-order chi connectivity index (χ1) is 13.2. The summed E-state index contributed by atoms with van der Waals surface area (Å²) >= 11 is 0. The van der Waals surface area contributed by atoms with Crippen LogP contribution >= 0.6 is 0 Å². The van der Waals surface area contributed by atoms with Gasteiger partial charge in [-0.1, -0.05) is 54.6 Å². The number of nitrogens with zero attached hydrogens (tertiary/aromatic N) is 2. The molecule has 27 heavy (non-hydrogen) atoms. The van der Waals surface area contributed by atoms with Crippen molar-refractivity contribution >= 4 is 6.09 Å². The Kier molecular flexibility index (Phi) is 5.44. The average molecular weight is 364 g/mol. The van der Waals surface area contributed by atoms with Gasteiger partial charge in [0.1, 0.15) is 0 Å². The molecule has 1 atom stereocenters. The third-order valence-electron chi connectivity index (χ3n) is 6.21. The zero-order valence-corrected chi connectivity index (χ0v) is 15.8. The molecule has 2 bridgehead atoms. The fraction of sp³-hybridized carbons (Fsp3) is 0.435. The summed E-state index contributed by atoms with van der Waals surface area (Å²) in [5.41, 5.74) is 3.37. The first-order valence-corrected chi connectivity index (χ1v) is 10.1. The van der Waals surface area contributed by atoms with E-state index in [9.17, 15) is 9.90 Å². The summed E-state index contributed by atoms with van der Waals surface area (Å²) in [7, 11) is 0. The van der Waals surface area contributed by atoms with Crippen molar-refractivity contribution in [1.29, 1.82) is 0 Å². The van der Waals surface area contributed by atoms with Crippen LogP contribution in [0.4, 0.5) is 4.79 Å². The molecule has 3 saturated heterocycles. The Hall–Kier alpha value is -2.33. The number of piperidine rings is 3. The number of rotatable bonds is 1. The van der Waals surface area contributed by atoms with Gasteiger partial charge in [0.2, 0.25) is 0 Å². The standard InChI is InChI=1S/C16H15NO2.C7H13N/c18-16(19)17-11-10-12-6-4-5-9-14(12)15(17)13-7-2-1-3-8-13;1-4-8-5-2-7(1)3-6-8/h1-9,15H,10-11H2,(H,18,19);7H,1-6H2/t15-;/m0./s1. The molecule has 4 heterocycles. The maximum Gasteiger partial charge on any atom is 0.408 e. The lowest BCUT2D eigenvalue weighted by atomic mass is 9.88. The molecule has 2 aromatic rings. The summed E-state index contributed by atoms with van der Waals surface area (Å²) < 4.78 is 0. The number of hydrogen-bond donors (Lipinski definition) is 1. The van der Waals surface area contributed by atoms with Crippen LogP contribution in [0, 0.1) is 5.92 Å². The first-order valence-electron chi connectivity index (χ1n) is 10.1. The number of hydrogen-bond acceptors (Lipinski definition) is 2. The van der Waals surface area contributed by atoms with Crippen molar-refractivity contribution < 1.29 is 9.90 Å².